The minimum Gasteiger partial charge on any atom is -0.493 e. The second kappa shape index (κ2) is 6.00. The van der Waals surface area contributed by atoms with Gasteiger partial charge in [-0.1, -0.05) is 0 Å². The van der Waals surface area contributed by atoms with Crippen LogP contribution >= 0.6 is 0 Å². The Labute approximate surface area is 107 Å². The number of aromatic nitrogens is 1. The number of anilines is 1. The van der Waals surface area contributed by atoms with E-state index in [2.05, 4.69) is 10.3 Å². The third-order valence-corrected chi connectivity index (χ3v) is 2.62. The third-order valence-electron chi connectivity index (χ3n) is 2.62. The molecule has 4 heteroatoms. The first kappa shape index (κ1) is 12.4. The van der Waals surface area contributed by atoms with Crippen LogP contribution < -0.4 is 14.8 Å². The number of ether oxygens (including phenoxy) is 2. The SMILES string of the molecule is CCOc1ccc(NCc2cc[nH]c2)cc1OC. The van der Waals surface area contributed by atoms with Crippen molar-refractivity contribution in [1.29, 1.82) is 0 Å². The number of aromatic amines is 1. The molecule has 1 aromatic carbocycles. The quantitative estimate of drug-likeness (QED) is 0.823. The van der Waals surface area contributed by atoms with Gasteiger partial charge in [0.05, 0.1) is 13.7 Å². The Morgan fingerprint density at radius 3 is 2.78 bits per heavy atom. The molecule has 0 bridgehead atoms. The third kappa shape index (κ3) is 2.97. The fraction of sp³-hybridized carbons (Fsp3) is 0.286. The Kier molecular flexibility index (Phi) is 4.12. The lowest BCUT2D eigenvalue weighted by Crippen LogP contribution is -2.00. The molecule has 0 unspecified atom stereocenters. The van der Waals surface area contributed by atoms with Crippen LogP contribution in [0, 0.1) is 0 Å². The van der Waals surface area contributed by atoms with Crippen LogP contribution in [0.2, 0.25) is 0 Å². The summed E-state index contributed by atoms with van der Waals surface area (Å²) >= 11 is 0. The van der Waals surface area contributed by atoms with Crippen LogP contribution in [-0.4, -0.2) is 18.7 Å². The largest absolute Gasteiger partial charge is 0.493 e. The van der Waals surface area contributed by atoms with Crippen molar-refractivity contribution < 1.29 is 9.47 Å². The first-order valence-electron chi connectivity index (χ1n) is 6.00. The van der Waals surface area contributed by atoms with Crippen LogP contribution in [-0.2, 0) is 6.54 Å². The molecule has 96 valence electrons. The Bertz CT molecular complexity index is 481. The van der Waals surface area contributed by atoms with Gasteiger partial charge in [0.1, 0.15) is 0 Å². The number of methoxy groups -OCH3 is 1. The van der Waals surface area contributed by atoms with Gasteiger partial charge in [0.25, 0.3) is 0 Å². The van der Waals surface area contributed by atoms with Crippen molar-refractivity contribution in [2.75, 3.05) is 19.0 Å². The Hall–Kier alpha value is -2.10. The van der Waals surface area contributed by atoms with Crippen molar-refractivity contribution in [2.45, 2.75) is 13.5 Å². The van der Waals surface area contributed by atoms with Gasteiger partial charge in [-0.3, -0.25) is 0 Å². The van der Waals surface area contributed by atoms with Crippen LogP contribution in [0.25, 0.3) is 0 Å². The molecule has 0 radical (unpaired) electrons. The Morgan fingerprint density at radius 2 is 2.11 bits per heavy atom. The van der Waals surface area contributed by atoms with Crippen LogP contribution in [0.15, 0.2) is 36.7 Å². The molecule has 2 rings (SSSR count). The van der Waals surface area contributed by atoms with Crippen molar-refractivity contribution >= 4 is 5.69 Å². The predicted molar refractivity (Wildman–Crippen MR) is 72.3 cm³/mol. The zero-order valence-electron chi connectivity index (χ0n) is 10.7. The summed E-state index contributed by atoms with van der Waals surface area (Å²) in [6.45, 7) is 3.37. The van der Waals surface area contributed by atoms with E-state index in [-0.39, 0.29) is 0 Å². The number of benzene rings is 1. The molecule has 18 heavy (non-hydrogen) atoms. The fourth-order valence-corrected chi connectivity index (χ4v) is 1.72. The average molecular weight is 246 g/mol. The van der Waals surface area contributed by atoms with Crippen LogP contribution in [0.4, 0.5) is 5.69 Å². The van der Waals surface area contributed by atoms with Gasteiger partial charge in [-0.15, -0.1) is 0 Å². The maximum Gasteiger partial charge on any atom is 0.162 e. The van der Waals surface area contributed by atoms with E-state index in [0.29, 0.717) is 6.61 Å². The molecule has 4 nitrogen and oxygen atoms in total. The highest BCUT2D eigenvalue weighted by Crippen LogP contribution is 2.30. The highest BCUT2D eigenvalue weighted by molar-refractivity contribution is 5.54. The Morgan fingerprint density at radius 1 is 1.22 bits per heavy atom. The van der Waals surface area contributed by atoms with Crippen molar-refractivity contribution in [3.8, 4) is 11.5 Å². The molecule has 0 fully saturated rings. The summed E-state index contributed by atoms with van der Waals surface area (Å²) in [6.07, 6.45) is 3.88. The minimum atomic E-state index is 0.631. The van der Waals surface area contributed by atoms with E-state index >= 15 is 0 Å². The maximum atomic E-state index is 5.48. The molecule has 1 aromatic heterocycles. The van der Waals surface area contributed by atoms with Crippen molar-refractivity contribution in [2.24, 2.45) is 0 Å². The second-order valence-electron chi connectivity index (χ2n) is 3.87. The van der Waals surface area contributed by atoms with Gasteiger partial charge in [0, 0.05) is 30.7 Å². The standard InChI is InChI=1S/C14H18N2O2/c1-3-18-13-5-4-12(8-14(13)17-2)16-10-11-6-7-15-9-11/h4-9,15-16H,3,10H2,1-2H3. The molecular formula is C14H18N2O2. The number of H-pyrrole nitrogens is 1. The summed E-state index contributed by atoms with van der Waals surface area (Å²) in [5, 5.41) is 3.34. The van der Waals surface area contributed by atoms with Crippen molar-refractivity contribution in [3.63, 3.8) is 0 Å². The summed E-state index contributed by atoms with van der Waals surface area (Å²) in [5.74, 6) is 1.52. The van der Waals surface area contributed by atoms with E-state index < -0.39 is 0 Å². The maximum absolute atomic E-state index is 5.48. The second-order valence-corrected chi connectivity index (χ2v) is 3.87. The van der Waals surface area contributed by atoms with Gasteiger partial charge < -0.3 is 19.8 Å². The van der Waals surface area contributed by atoms with E-state index in [0.717, 1.165) is 23.7 Å². The monoisotopic (exact) mass is 246 g/mol. The van der Waals surface area contributed by atoms with Crippen LogP contribution in [0.5, 0.6) is 11.5 Å². The molecular weight excluding hydrogens is 228 g/mol. The number of hydrogen-bond acceptors (Lipinski definition) is 3. The normalized spacial score (nSPS) is 10.1. The first-order valence-corrected chi connectivity index (χ1v) is 6.00. The molecule has 0 aliphatic rings. The van der Waals surface area contributed by atoms with Crippen LogP contribution in [0.1, 0.15) is 12.5 Å². The lowest BCUT2D eigenvalue weighted by Gasteiger charge is -2.12. The molecule has 2 aromatic rings. The molecule has 0 atom stereocenters. The van der Waals surface area contributed by atoms with Gasteiger partial charge in [-0.25, -0.2) is 0 Å². The van der Waals surface area contributed by atoms with Gasteiger partial charge in [0.2, 0.25) is 0 Å². The summed E-state index contributed by atoms with van der Waals surface area (Å²) in [5.41, 5.74) is 2.22. The van der Waals surface area contributed by atoms with Crippen molar-refractivity contribution in [3.05, 3.63) is 42.2 Å². The fourth-order valence-electron chi connectivity index (χ4n) is 1.72. The lowest BCUT2D eigenvalue weighted by atomic mass is 10.2. The summed E-state index contributed by atoms with van der Waals surface area (Å²) in [4.78, 5) is 3.03. The van der Waals surface area contributed by atoms with E-state index in [9.17, 15) is 0 Å². The van der Waals surface area contributed by atoms with Gasteiger partial charge in [-0.05, 0) is 30.7 Å². The summed E-state index contributed by atoms with van der Waals surface area (Å²) in [7, 11) is 1.65. The molecule has 0 aliphatic heterocycles. The van der Waals surface area contributed by atoms with Gasteiger partial charge in [0.15, 0.2) is 11.5 Å². The summed E-state index contributed by atoms with van der Waals surface area (Å²) < 4.78 is 10.8. The smallest absolute Gasteiger partial charge is 0.162 e. The Balaban J connectivity index is 2.05. The highest BCUT2D eigenvalue weighted by Gasteiger charge is 2.05. The molecule has 0 saturated carbocycles. The molecule has 0 spiro atoms. The van der Waals surface area contributed by atoms with Gasteiger partial charge in [-0.2, -0.15) is 0 Å². The van der Waals surface area contributed by atoms with Crippen LogP contribution in [0.3, 0.4) is 0 Å². The van der Waals surface area contributed by atoms with Gasteiger partial charge >= 0.3 is 0 Å². The average Bonchev–Trinajstić information content (AvgIpc) is 2.91. The highest BCUT2D eigenvalue weighted by atomic mass is 16.5. The number of hydrogen-bond donors (Lipinski definition) is 2. The zero-order valence-corrected chi connectivity index (χ0v) is 10.7. The number of nitrogens with one attached hydrogen (secondary N) is 2. The molecule has 0 aliphatic carbocycles. The number of rotatable bonds is 6. The molecule has 2 N–H and O–H groups in total. The first-order chi connectivity index (χ1) is 8.83. The van der Waals surface area contributed by atoms with E-state index in [1.54, 1.807) is 7.11 Å². The summed E-state index contributed by atoms with van der Waals surface area (Å²) in [6, 6.07) is 7.89. The van der Waals surface area contributed by atoms with E-state index in [1.807, 2.05) is 43.6 Å². The van der Waals surface area contributed by atoms with E-state index in [4.69, 9.17) is 9.47 Å². The lowest BCUT2D eigenvalue weighted by molar-refractivity contribution is 0.311. The van der Waals surface area contributed by atoms with Crippen molar-refractivity contribution in [1.82, 2.24) is 4.98 Å². The van der Waals surface area contributed by atoms with E-state index in [1.165, 1.54) is 5.56 Å². The molecule has 0 saturated heterocycles. The molecule has 0 amide bonds. The topological polar surface area (TPSA) is 46.3 Å². The minimum absolute atomic E-state index is 0.631. The molecule has 1 heterocycles. The zero-order chi connectivity index (χ0) is 12.8. The predicted octanol–water partition coefficient (Wildman–Crippen LogP) is 3.03.